The van der Waals surface area contributed by atoms with E-state index in [9.17, 15) is 25.2 Å². The second-order valence-corrected chi connectivity index (χ2v) is 17.9. The van der Waals surface area contributed by atoms with Crippen molar-refractivity contribution in [2.75, 3.05) is 6.61 Å². The molecule has 344 valence electrons. The lowest BCUT2D eigenvalue weighted by Crippen LogP contribution is -2.53. The molecule has 0 aromatic rings. The maximum atomic E-state index is 12.6. The molecule has 0 aliphatic rings. The number of unbranched alkanes of at least 4 members (excludes halogenated alkanes) is 34. The normalized spacial score (nSPS) is 14.1. The maximum Gasteiger partial charge on any atom is 0.249 e. The van der Waals surface area contributed by atoms with Gasteiger partial charge < -0.3 is 25.7 Å². The third kappa shape index (κ3) is 40.2. The minimum Gasteiger partial charge on any atom is -0.394 e. The van der Waals surface area contributed by atoms with Gasteiger partial charge in [0.1, 0.15) is 12.2 Å². The van der Waals surface area contributed by atoms with Crippen molar-refractivity contribution in [2.45, 2.75) is 295 Å². The quantitative estimate of drug-likeness (QED) is 0.0310. The van der Waals surface area contributed by atoms with E-state index in [1.54, 1.807) is 0 Å². The van der Waals surface area contributed by atoms with Gasteiger partial charge in [-0.2, -0.15) is 0 Å². The average molecular weight is 820 g/mol. The Morgan fingerprint density at radius 2 is 0.741 bits per heavy atom. The summed E-state index contributed by atoms with van der Waals surface area (Å²) in [5.74, 6) is -0.584. The summed E-state index contributed by atoms with van der Waals surface area (Å²) in [6.45, 7) is 4.07. The topological polar surface area (TPSA) is 110 Å². The number of aliphatic hydroxyl groups is 4. The molecule has 58 heavy (non-hydrogen) atoms. The zero-order valence-corrected chi connectivity index (χ0v) is 38.8. The van der Waals surface area contributed by atoms with E-state index in [-0.39, 0.29) is 0 Å². The molecular formula is C52H101NO5. The lowest BCUT2D eigenvalue weighted by atomic mass is 9.99. The van der Waals surface area contributed by atoms with E-state index in [2.05, 4.69) is 43.5 Å². The summed E-state index contributed by atoms with van der Waals surface area (Å²) in [5, 5.41) is 43.9. The average Bonchev–Trinajstić information content (AvgIpc) is 3.23. The highest BCUT2D eigenvalue weighted by Crippen LogP contribution is 2.17. The van der Waals surface area contributed by atoms with Crippen molar-refractivity contribution in [1.82, 2.24) is 5.32 Å². The van der Waals surface area contributed by atoms with E-state index in [1.807, 2.05) is 0 Å². The molecule has 0 saturated carbocycles. The summed E-state index contributed by atoms with van der Waals surface area (Å²) in [6, 6.07) is -0.985. The highest BCUT2D eigenvalue weighted by Gasteiger charge is 2.28. The number of carbonyl (C=O) groups excluding carboxylic acids is 1. The predicted octanol–water partition coefficient (Wildman–Crippen LogP) is 14.3. The SMILES string of the molecule is CCCCCCCCCCC/C=C\C/C=C\CCCCCCCCCCCCC(O)C(=O)NC(CO)C(O)C(O)CCCCCCCCCCCCCCCCCC. The van der Waals surface area contributed by atoms with Crippen LogP contribution in [0, 0.1) is 0 Å². The van der Waals surface area contributed by atoms with Crippen LogP contribution in [0.15, 0.2) is 24.3 Å². The van der Waals surface area contributed by atoms with Gasteiger partial charge in [-0.1, -0.05) is 250 Å². The monoisotopic (exact) mass is 820 g/mol. The second-order valence-electron chi connectivity index (χ2n) is 17.9. The Hall–Kier alpha value is -1.21. The molecule has 0 fully saturated rings. The van der Waals surface area contributed by atoms with Gasteiger partial charge in [0.15, 0.2) is 0 Å². The van der Waals surface area contributed by atoms with Crippen LogP contribution >= 0.6 is 0 Å². The second kappa shape index (κ2) is 46.8. The Labute approximate surface area is 361 Å². The van der Waals surface area contributed by atoms with Gasteiger partial charge in [-0.3, -0.25) is 4.79 Å². The minimum atomic E-state index is -1.26. The summed E-state index contributed by atoms with van der Waals surface area (Å²) >= 11 is 0. The maximum absolute atomic E-state index is 12.6. The first-order valence-corrected chi connectivity index (χ1v) is 25.7. The zero-order chi connectivity index (χ0) is 42.4. The zero-order valence-electron chi connectivity index (χ0n) is 38.8. The Bertz CT molecular complexity index is 878. The molecule has 4 atom stereocenters. The smallest absolute Gasteiger partial charge is 0.249 e. The van der Waals surface area contributed by atoms with E-state index in [4.69, 9.17) is 0 Å². The third-order valence-electron chi connectivity index (χ3n) is 12.2. The molecule has 1 amide bonds. The van der Waals surface area contributed by atoms with Gasteiger partial charge in [-0.25, -0.2) is 0 Å². The number of rotatable bonds is 47. The molecule has 6 heteroatoms. The van der Waals surface area contributed by atoms with Crippen LogP contribution in [0.2, 0.25) is 0 Å². The van der Waals surface area contributed by atoms with Gasteiger partial charge in [0.05, 0.1) is 18.8 Å². The Balaban J connectivity index is 3.66. The van der Waals surface area contributed by atoms with Crippen LogP contribution in [0.1, 0.15) is 271 Å². The lowest BCUT2D eigenvalue weighted by Gasteiger charge is -2.27. The Kier molecular flexibility index (Phi) is 45.9. The highest BCUT2D eigenvalue weighted by atomic mass is 16.3. The van der Waals surface area contributed by atoms with Crippen LogP contribution in [0.4, 0.5) is 0 Å². The number of allylic oxidation sites excluding steroid dienone is 4. The molecule has 4 unspecified atom stereocenters. The molecule has 0 saturated heterocycles. The van der Waals surface area contributed by atoms with Crippen molar-refractivity contribution >= 4 is 5.91 Å². The van der Waals surface area contributed by atoms with E-state index in [0.717, 1.165) is 44.9 Å². The van der Waals surface area contributed by atoms with E-state index in [0.29, 0.717) is 12.8 Å². The van der Waals surface area contributed by atoms with Crippen molar-refractivity contribution in [1.29, 1.82) is 0 Å². The molecule has 5 N–H and O–H groups in total. The standard InChI is InChI=1S/C52H101NO5/c1-3-5-7-9-11-13-15-17-19-21-22-23-24-25-26-27-28-29-30-32-34-36-38-40-42-44-46-50(56)52(58)53-48(47-54)51(57)49(55)45-43-41-39-37-35-33-31-20-18-16-14-12-10-8-6-4-2/h22-23,25-26,48-51,54-57H,3-21,24,27-47H2,1-2H3,(H,53,58)/b23-22-,26-25-. The summed E-state index contributed by atoms with van der Waals surface area (Å²) < 4.78 is 0. The molecule has 0 bridgehead atoms. The molecule has 0 rings (SSSR count). The van der Waals surface area contributed by atoms with Crippen molar-refractivity contribution in [3.63, 3.8) is 0 Å². The van der Waals surface area contributed by atoms with Crippen LogP contribution < -0.4 is 5.32 Å². The van der Waals surface area contributed by atoms with Gasteiger partial charge in [0, 0.05) is 0 Å². The summed E-state index contributed by atoms with van der Waals surface area (Å²) in [7, 11) is 0. The van der Waals surface area contributed by atoms with Gasteiger partial charge in [0.2, 0.25) is 5.91 Å². The van der Waals surface area contributed by atoms with Crippen LogP contribution in [0.3, 0.4) is 0 Å². The van der Waals surface area contributed by atoms with Gasteiger partial charge in [-0.15, -0.1) is 0 Å². The number of aliphatic hydroxyl groups excluding tert-OH is 4. The highest BCUT2D eigenvalue weighted by molar-refractivity contribution is 5.80. The largest absolute Gasteiger partial charge is 0.394 e. The first kappa shape index (κ1) is 56.8. The predicted molar refractivity (Wildman–Crippen MR) is 251 cm³/mol. The first-order valence-electron chi connectivity index (χ1n) is 25.7. The van der Waals surface area contributed by atoms with Crippen LogP contribution in [-0.4, -0.2) is 57.3 Å². The molecule has 0 aromatic carbocycles. The van der Waals surface area contributed by atoms with Gasteiger partial charge in [0.25, 0.3) is 0 Å². The summed E-state index contributed by atoms with van der Waals surface area (Å²) in [4.78, 5) is 12.6. The summed E-state index contributed by atoms with van der Waals surface area (Å²) in [5.41, 5.74) is 0. The number of hydrogen-bond acceptors (Lipinski definition) is 5. The molecule has 0 radical (unpaired) electrons. The molecule has 0 heterocycles. The molecule has 0 spiro atoms. The number of carbonyl (C=O) groups is 1. The van der Waals surface area contributed by atoms with Gasteiger partial charge in [-0.05, 0) is 44.9 Å². The van der Waals surface area contributed by atoms with Crippen LogP contribution in [0.25, 0.3) is 0 Å². The fraction of sp³-hybridized carbons (Fsp3) is 0.904. The lowest BCUT2D eigenvalue weighted by molar-refractivity contribution is -0.132. The molecular weight excluding hydrogens is 719 g/mol. The van der Waals surface area contributed by atoms with Crippen molar-refractivity contribution in [3.8, 4) is 0 Å². The summed E-state index contributed by atoms with van der Waals surface area (Å²) in [6.07, 6.45) is 55.1. The fourth-order valence-corrected chi connectivity index (χ4v) is 8.08. The van der Waals surface area contributed by atoms with Crippen LogP contribution in [0.5, 0.6) is 0 Å². The minimum absolute atomic E-state index is 0.367. The van der Waals surface area contributed by atoms with E-state index < -0.39 is 36.9 Å². The Morgan fingerprint density at radius 1 is 0.431 bits per heavy atom. The number of hydrogen-bond donors (Lipinski definition) is 5. The molecule has 6 nitrogen and oxygen atoms in total. The number of nitrogens with one attached hydrogen (secondary N) is 1. The Morgan fingerprint density at radius 3 is 1.09 bits per heavy atom. The van der Waals surface area contributed by atoms with Crippen molar-refractivity contribution < 1.29 is 25.2 Å². The first-order chi connectivity index (χ1) is 28.5. The molecule has 0 aliphatic carbocycles. The van der Waals surface area contributed by atoms with E-state index in [1.165, 1.54) is 199 Å². The van der Waals surface area contributed by atoms with Gasteiger partial charge >= 0.3 is 0 Å². The fourth-order valence-electron chi connectivity index (χ4n) is 8.08. The molecule has 0 aliphatic heterocycles. The van der Waals surface area contributed by atoms with Crippen molar-refractivity contribution in [3.05, 3.63) is 24.3 Å². The van der Waals surface area contributed by atoms with E-state index >= 15 is 0 Å². The number of amides is 1. The third-order valence-corrected chi connectivity index (χ3v) is 12.2. The molecule has 0 aromatic heterocycles. The van der Waals surface area contributed by atoms with Crippen LogP contribution in [-0.2, 0) is 4.79 Å². The van der Waals surface area contributed by atoms with Crippen molar-refractivity contribution in [2.24, 2.45) is 0 Å².